The van der Waals surface area contributed by atoms with Crippen molar-refractivity contribution < 1.29 is 14.3 Å². The van der Waals surface area contributed by atoms with Crippen LogP contribution in [0.15, 0.2) is 18.2 Å². The summed E-state index contributed by atoms with van der Waals surface area (Å²) in [5.41, 5.74) is 1.41. The third kappa shape index (κ3) is 2.90. The zero-order valence-corrected chi connectivity index (χ0v) is 10.4. The standard InChI is InChI=1S/C12H14ClNO3/c1-16-12(15)9-6-10(13)8-11(7-9)14-2-4-17-5-3-14/h6-8H,2-5H2,1H3. The molecule has 5 heteroatoms. The quantitative estimate of drug-likeness (QED) is 0.758. The van der Waals surface area contributed by atoms with Crippen LogP contribution in [0.5, 0.6) is 0 Å². The third-order valence-corrected chi connectivity index (χ3v) is 2.90. The summed E-state index contributed by atoms with van der Waals surface area (Å²) >= 11 is 6.00. The first-order valence-electron chi connectivity index (χ1n) is 5.42. The van der Waals surface area contributed by atoms with Crippen LogP contribution in [0.3, 0.4) is 0 Å². The predicted molar refractivity (Wildman–Crippen MR) is 65.8 cm³/mol. The van der Waals surface area contributed by atoms with Crippen molar-refractivity contribution in [3.05, 3.63) is 28.8 Å². The Hall–Kier alpha value is -1.26. The summed E-state index contributed by atoms with van der Waals surface area (Å²) in [7, 11) is 1.36. The first-order chi connectivity index (χ1) is 8.20. The molecule has 92 valence electrons. The molecule has 17 heavy (non-hydrogen) atoms. The molecule has 0 radical (unpaired) electrons. The van der Waals surface area contributed by atoms with Gasteiger partial charge in [-0.05, 0) is 18.2 Å². The van der Waals surface area contributed by atoms with Crippen molar-refractivity contribution in [3.63, 3.8) is 0 Å². The van der Waals surface area contributed by atoms with Crippen molar-refractivity contribution in [2.45, 2.75) is 0 Å². The molecule has 1 heterocycles. The normalized spacial score (nSPS) is 15.8. The monoisotopic (exact) mass is 255 g/mol. The van der Waals surface area contributed by atoms with E-state index in [0.29, 0.717) is 23.8 Å². The van der Waals surface area contributed by atoms with Crippen LogP contribution in [0.1, 0.15) is 10.4 Å². The molecule has 0 N–H and O–H groups in total. The summed E-state index contributed by atoms with van der Waals surface area (Å²) in [6.45, 7) is 3.00. The average Bonchev–Trinajstić information content (AvgIpc) is 2.38. The van der Waals surface area contributed by atoms with Gasteiger partial charge in [0.2, 0.25) is 0 Å². The number of carbonyl (C=O) groups is 1. The van der Waals surface area contributed by atoms with Gasteiger partial charge in [-0.2, -0.15) is 0 Å². The average molecular weight is 256 g/mol. The maximum Gasteiger partial charge on any atom is 0.337 e. The second kappa shape index (κ2) is 5.38. The maximum atomic E-state index is 11.5. The Kier molecular flexibility index (Phi) is 3.86. The second-order valence-electron chi connectivity index (χ2n) is 3.79. The molecule has 4 nitrogen and oxygen atoms in total. The molecular formula is C12H14ClNO3. The van der Waals surface area contributed by atoms with E-state index in [1.807, 2.05) is 6.07 Å². The van der Waals surface area contributed by atoms with E-state index in [0.717, 1.165) is 18.8 Å². The van der Waals surface area contributed by atoms with Crippen molar-refractivity contribution in [1.82, 2.24) is 0 Å². The smallest absolute Gasteiger partial charge is 0.337 e. The van der Waals surface area contributed by atoms with Crippen molar-refractivity contribution >= 4 is 23.3 Å². The predicted octanol–water partition coefficient (Wildman–Crippen LogP) is 1.96. The zero-order valence-electron chi connectivity index (χ0n) is 9.61. The summed E-state index contributed by atoms with van der Waals surface area (Å²) in [5.74, 6) is -0.373. The SMILES string of the molecule is COC(=O)c1cc(Cl)cc(N2CCOCC2)c1. The van der Waals surface area contributed by atoms with Crippen LogP contribution < -0.4 is 4.90 Å². The highest BCUT2D eigenvalue weighted by molar-refractivity contribution is 6.31. The molecule has 1 saturated heterocycles. The zero-order chi connectivity index (χ0) is 12.3. The van der Waals surface area contributed by atoms with Crippen LogP contribution >= 0.6 is 11.6 Å². The number of ether oxygens (including phenoxy) is 2. The molecule has 1 fully saturated rings. The number of morpholine rings is 1. The lowest BCUT2D eigenvalue weighted by atomic mass is 10.2. The molecule has 1 aromatic rings. The Labute approximate surface area is 105 Å². The molecular weight excluding hydrogens is 242 g/mol. The molecule has 0 unspecified atom stereocenters. The lowest BCUT2D eigenvalue weighted by Crippen LogP contribution is -2.36. The second-order valence-corrected chi connectivity index (χ2v) is 4.23. The number of methoxy groups -OCH3 is 1. The highest BCUT2D eigenvalue weighted by atomic mass is 35.5. The number of hydrogen-bond acceptors (Lipinski definition) is 4. The van der Waals surface area contributed by atoms with E-state index in [9.17, 15) is 4.79 Å². The third-order valence-electron chi connectivity index (χ3n) is 2.68. The lowest BCUT2D eigenvalue weighted by molar-refractivity contribution is 0.0601. The van der Waals surface area contributed by atoms with Gasteiger partial charge in [-0.25, -0.2) is 4.79 Å². The van der Waals surface area contributed by atoms with Gasteiger partial charge in [0.15, 0.2) is 0 Å². The van der Waals surface area contributed by atoms with Crippen molar-refractivity contribution in [2.75, 3.05) is 38.3 Å². The molecule has 0 aliphatic carbocycles. The molecule has 0 bridgehead atoms. The minimum Gasteiger partial charge on any atom is -0.465 e. The summed E-state index contributed by atoms with van der Waals surface area (Å²) in [6.07, 6.45) is 0. The maximum absolute atomic E-state index is 11.5. The number of hydrogen-bond donors (Lipinski definition) is 0. The molecule has 0 atom stereocenters. The van der Waals surface area contributed by atoms with E-state index in [-0.39, 0.29) is 5.97 Å². The van der Waals surface area contributed by atoms with E-state index in [4.69, 9.17) is 21.1 Å². The lowest BCUT2D eigenvalue weighted by Gasteiger charge is -2.29. The number of esters is 1. The van der Waals surface area contributed by atoms with Gasteiger partial charge in [0.05, 0.1) is 25.9 Å². The fraction of sp³-hybridized carbons (Fsp3) is 0.417. The van der Waals surface area contributed by atoms with Gasteiger partial charge in [-0.1, -0.05) is 11.6 Å². The molecule has 0 saturated carbocycles. The summed E-state index contributed by atoms with van der Waals surface area (Å²) in [6, 6.07) is 5.25. The van der Waals surface area contributed by atoms with Crippen LogP contribution in [0.2, 0.25) is 5.02 Å². The minimum absolute atomic E-state index is 0.373. The largest absolute Gasteiger partial charge is 0.465 e. The number of rotatable bonds is 2. The van der Waals surface area contributed by atoms with E-state index < -0.39 is 0 Å². The Bertz CT molecular complexity index is 416. The fourth-order valence-corrected chi connectivity index (χ4v) is 2.04. The molecule has 2 rings (SSSR count). The van der Waals surface area contributed by atoms with Crippen molar-refractivity contribution in [2.24, 2.45) is 0 Å². The number of benzene rings is 1. The highest BCUT2D eigenvalue weighted by Gasteiger charge is 2.14. The van der Waals surface area contributed by atoms with E-state index >= 15 is 0 Å². The summed E-state index contributed by atoms with van der Waals surface area (Å²) < 4.78 is 9.98. The van der Waals surface area contributed by atoms with Crippen LogP contribution in [0.4, 0.5) is 5.69 Å². The van der Waals surface area contributed by atoms with Gasteiger partial charge in [0.25, 0.3) is 0 Å². The van der Waals surface area contributed by atoms with Gasteiger partial charge in [0, 0.05) is 23.8 Å². The Balaban J connectivity index is 2.27. The first kappa shape index (κ1) is 12.2. The molecule has 0 amide bonds. The Morgan fingerprint density at radius 3 is 2.71 bits per heavy atom. The van der Waals surface area contributed by atoms with Gasteiger partial charge in [-0.3, -0.25) is 0 Å². The number of carbonyl (C=O) groups excluding carboxylic acids is 1. The highest BCUT2D eigenvalue weighted by Crippen LogP contribution is 2.23. The molecule has 0 aromatic heterocycles. The van der Waals surface area contributed by atoms with Crippen LogP contribution in [0, 0.1) is 0 Å². The van der Waals surface area contributed by atoms with Gasteiger partial charge < -0.3 is 14.4 Å². The van der Waals surface area contributed by atoms with E-state index in [1.165, 1.54) is 7.11 Å². The van der Waals surface area contributed by atoms with Crippen molar-refractivity contribution in [3.8, 4) is 0 Å². The summed E-state index contributed by atoms with van der Waals surface area (Å²) in [5, 5.41) is 0.536. The Morgan fingerprint density at radius 1 is 1.35 bits per heavy atom. The van der Waals surface area contributed by atoms with Crippen LogP contribution in [0.25, 0.3) is 0 Å². The fourth-order valence-electron chi connectivity index (χ4n) is 1.81. The van der Waals surface area contributed by atoms with Gasteiger partial charge in [-0.15, -0.1) is 0 Å². The summed E-state index contributed by atoms with van der Waals surface area (Å²) in [4.78, 5) is 13.6. The molecule has 0 spiro atoms. The van der Waals surface area contributed by atoms with Crippen LogP contribution in [-0.4, -0.2) is 39.4 Å². The molecule has 1 aliphatic rings. The number of anilines is 1. The number of halogens is 1. The minimum atomic E-state index is -0.373. The molecule has 1 aromatic carbocycles. The number of nitrogens with zero attached hydrogens (tertiary/aromatic N) is 1. The van der Waals surface area contributed by atoms with Gasteiger partial charge in [0.1, 0.15) is 0 Å². The van der Waals surface area contributed by atoms with Crippen LogP contribution in [-0.2, 0) is 9.47 Å². The van der Waals surface area contributed by atoms with Crippen molar-refractivity contribution in [1.29, 1.82) is 0 Å². The first-order valence-corrected chi connectivity index (χ1v) is 5.80. The topological polar surface area (TPSA) is 38.8 Å². The van der Waals surface area contributed by atoms with E-state index in [1.54, 1.807) is 12.1 Å². The van der Waals surface area contributed by atoms with E-state index in [2.05, 4.69) is 4.90 Å². The molecule has 1 aliphatic heterocycles. The Morgan fingerprint density at radius 2 is 2.06 bits per heavy atom. The van der Waals surface area contributed by atoms with Gasteiger partial charge >= 0.3 is 5.97 Å².